The van der Waals surface area contributed by atoms with Crippen molar-refractivity contribution in [3.8, 4) is 0 Å². The quantitative estimate of drug-likeness (QED) is 0.748. The molecule has 0 spiro atoms. The first-order valence-electron chi connectivity index (χ1n) is 9.41. The van der Waals surface area contributed by atoms with Gasteiger partial charge >= 0.3 is 0 Å². The molecule has 0 fully saturated rings. The van der Waals surface area contributed by atoms with Crippen LogP contribution in [0.1, 0.15) is 53.0 Å². The normalized spacial score (nSPS) is 14.3. The van der Waals surface area contributed by atoms with Crippen molar-refractivity contribution in [3.63, 3.8) is 0 Å². The Morgan fingerprint density at radius 1 is 1.32 bits per heavy atom. The Kier molecular flexibility index (Phi) is 7.55. The molecule has 1 N–H and O–H groups in total. The van der Waals surface area contributed by atoms with Crippen LogP contribution in [-0.2, 0) is 16.1 Å². The van der Waals surface area contributed by atoms with Crippen LogP contribution in [0.15, 0.2) is 21.6 Å². The molecule has 0 aliphatic rings. The highest BCUT2D eigenvalue weighted by Gasteiger charge is 2.20. The number of rotatable bonds is 7. The maximum atomic E-state index is 12.9. The van der Waals surface area contributed by atoms with E-state index in [1.807, 2.05) is 44.5 Å². The van der Waals surface area contributed by atoms with Crippen LogP contribution in [0.4, 0.5) is 0 Å². The summed E-state index contributed by atoms with van der Waals surface area (Å²) in [5, 5.41) is 6.81. The van der Waals surface area contributed by atoms with Crippen LogP contribution in [0.2, 0.25) is 0 Å². The summed E-state index contributed by atoms with van der Waals surface area (Å²) in [6.07, 6.45) is 5.14. The number of thiophene rings is 1. The molecule has 0 saturated carbocycles. The number of carbonyl (C=O) groups is 2. The van der Waals surface area contributed by atoms with E-state index < -0.39 is 5.41 Å². The van der Waals surface area contributed by atoms with Crippen molar-refractivity contribution in [2.24, 2.45) is 5.41 Å². The van der Waals surface area contributed by atoms with Gasteiger partial charge in [-0.25, -0.2) is 0 Å². The van der Waals surface area contributed by atoms with Gasteiger partial charge in [0.2, 0.25) is 5.91 Å². The standard InChI is InChI=1S/C21H28N2O3S2/c1-6-7-14(2)22-18(25)12-23-19(11-17(24)21(3,4)5)28-16(20(23)26)10-15-8-9-27-13-15/h8-11,13-14H,6-7,12H2,1-5H3,(H,22,25)/b16-10+,19-11-/t14-/m0/s1. The largest absolute Gasteiger partial charge is 0.352 e. The van der Waals surface area contributed by atoms with E-state index >= 15 is 0 Å². The Morgan fingerprint density at radius 2 is 2.04 bits per heavy atom. The molecule has 7 heteroatoms. The Bertz CT molecular complexity index is 992. The number of carbonyl (C=O) groups excluding carboxylic acids is 2. The molecule has 152 valence electrons. The number of hydrogen-bond acceptors (Lipinski definition) is 5. The Hall–Kier alpha value is -1.99. The first-order valence-corrected chi connectivity index (χ1v) is 11.2. The lowest BCUT2D eigenvalue weighted by Gasteiger charge is -2.14. The average molecular weight is 421 g/mol. The highest BCUT2D eigenvalue weighted by Crippen LogP contribution is 2.14. The van der Waals surface area contributed by atoms with Crippen LogP contribution in [0.3, 0.4) is 0 Å². The summed E-state index contributed by atoms with van der Waals surface area (Å²) < 4.78 is 2.42. The molecule has 5 nitrogen and oxygen atoms in total. The van der Waals surface area contributed by atoms with Gasteiger partial charge in [0.05, 0.1) is 4.53 Å². The molecule has 1 atom stereocenters. The third kappa shape index (κ3) is 6.01. The molecular weight excluding hydrogens is 392 g/mol. The van der Waals surface area contributed by atoms with E-state index in [1.54, 1.807) is 17.4 Å². The van der Waals surface area contributed by atoms with Crippen LogP contribution in [-0.4, -0.2) is 22.3 Å². The summed E-state index contributed by atoms with van der Waals surface area (Å²) in [5.41, 5.74) is 0.132. The maximum absolute atomic E-state index is 12.9. The highest BCUT2D eigenvalue weighted by molar-refractivity contribution is 7.08. The van der Waals surface area contributed by atoms with Crippen LogP contribution in [0, 0.1) is 5.41 Å². The van der Waals surface area contributed by atoms with Gasteiger partial charge in [-0.05, 0) is 41.8 Å². The molecule has 0 unspecified atom stereocenters. The minimum absolute atomic E-state index is 0.0484. The summed E-state index contributed by atoms with van der Waals surface area (Å²) >= 11 is 2.79. The van der Waals surface area contributed by atoms with Gasteiger partial charge in [-0.1, -0.05) is 34.1 Å². The minimum atomic E-state index is -0.556. The van der Waals surface area contributed by atoms with E-state index in [0.717, 1.165) is 18.4 Å². The van der Waals surface area contributed by atoms with Crippen molar-refractivity contribution in [2.45, 2.75) is 60.0 Å². The second kappa shape index (κ2) is 9.47. The molecule has 2 heterocycles. The monoisotopic (exact) mass is 420 g/mol. The minimum Gasteiger partial charge on any atom is -0.352 e. The second-order valence-electron chi connectivity index (χ2n) is 7.91. The number of amides is 1. The van der Waals surface area contributed by atoms with Crippen molar-refractivity contribution in [1.82, 2.24) is 9.88 Å². The summed E-state index contributed by atoms with van der Waals surface area (Å²) in [5.74, 6) is -0.301. The zero-order chi connectivity index (χ0) is 20.9. The number of hydrogen-bond donors (Lipinski definition) is 1. The van der Waals surface area contributed by atoms with Crippen molar-refractivity contribution >= 4 is 46.5 Å². The molecule has 0 aromatic carbocycles. The number of Topliss-reactive ketones (excluding diaryl/α,β-unsaturated/α-hetero) is 1. The van der Waals surface area contributed by atoms with Gasteiger partial charge in [-0.15, -0.1) is 11.3 Å². The van der Waals surface area contributed by atoms with Crippen molar-refractivity contribution in [1.29, 1.82) is 0 Å². The van der Waals surface area contributed by atoms with Gasteiger partial charge in [0.25, 0.3) is 5.56 Å². The molecule has 0 radical (unpaired) electrons. The Labute approximate surface area is 173 Å². The second-order valence-corrected chi connectivity index (χ2v) is 9.75. The third-order valence-electron chi connectivity index (χ3n) is 4.20. The van der Waals surface area contributed by atoms with Crippen LogP contribution in [0.5, 0.6) is 0 Å². The lowest BCUT2D eigenvalue weighted by atomic mass is 9.91. The van der Waals surface area contributed by atoms with E-state index in [0.29, 0.717) is 9.20 Å². The molecule has 0 saturated heterocycles. The predicted molar refractivity (Wildman–Crippen MR) is 117 cm³/mol. The van der Waals surface area contributed by atoms with Gasteiger partial charge in [0, 0.05) is 17.5 Å². The smallest absolute Gasteiger partial charge is 0.269 e. The van der Waals surface area contributed by atoms with Gasteiger partial charge in [-0.2, -0.15) is 11.3 Å². The van der Waals surface area contributed by atoms with Gasteiger partial charge < -0.3 is 5.32 Å². The van der Waals surface area contributed by atoms with E-state index in [4.69, 9.17) is 0 Å². The Balaban J connectivity index is 2.48. The van der Waals surface area contributed by atoms with Crippen molar-refractivity contribution in [3.05, 3.63) is 41.9 Å². The third-order valence-corrected chi connectivity index (χ3v) is 5.96. The molecule has 1 amide bonds. The maximum Gasteiger partial charge on any atom is 0.269 e. The molecule has 0 bridgehead atoms. The first-order chi connectivity index (χ1) is 13.1. The van der Waals surface area contributed by atoms with E-state index in [-0.39, 0.29) is 29.8 Å². The molecule has 0 aliphatic carbocycles. The summed E-state index contributed by atoms with van der Waals surface area (Å²) in [6, 6.07) is 1.98. The van der Waals surface area contributed by atoms with Crippen LogP contribution < -0.4 is 20.1 Å². The highest BCUT2D eigenvalue weighted by atomic mass is 32.1. The van der Waals surface area contributed by atoms with Gasteiger partial charge in [-0.3, -0.25) is 19.0 Å². The molecule has 2 aromatic rings. The van der Waals surface area contributed by atoms with E-state index in [2.05, 4.69) is 12.2 Å². The van der Waals surface area contributed by atoms with Crippen molar-refractivity contribution < 1.29 is 9.59 Å². The summed E-state index contributed by atoms with van der Waals surface area (Å²) in [6.45, 7) is 9.41. The van der Waals surface area contributed by atoms with Gasteiger partial charge in [0.15, 0.2) is 5.78 Å². The SMILES string of the molecule is CCC[C@H](C)NC(=O)Cn1c(=O)/c(=C\c2ccsc2)s/c1=C\C(=O)C(C)(C)C. The molecular formula is C21H28N2O3S2. The number of nitrogens with one attached hydrogen (secondary N) is 1. The zero-order valence-electron chi connectivity index (χ0n) is 17.1. The molecule has 28 heavy (non-hydrogen) atoms. The summed E-state index contributed by atoms with van der Waals surface area (Å²) in [4.78, 5) is 37.9. The first kappa shape index (κ1) is 22.3. The number of ketones is 1. The van der Waals surface area contributed by atoms with E-state index in [1.165, 1.54) is 22.0 Å². The molecule has 2 aromatic heterocycles. The number of nitrogens with zero attached hydrogens (tertiary/aromatic N) is 1. The van der Waals surface area contributed by atoms with Crippen LogP contribution in [0.25, 0.3) is 12.2 Å². The average Bonchev–Trinajstić information content (AvgIpc) is 3.18. The molecule has 0 aliphatic heterocycles. The fourth-order valence-corrected chi connectivity index (χ4v) is 4.26. The lowest BCUT2D eigenvalue weighted by Crippen LogP contribution is -2.41. The molecule has 2 rings (SSSR count). The predicted octanol–water partition coefficient (Wildman–Crippen LogP) is 2.50. The Morgan fingerprint density at radius 3 is 2.61 bits per heavy atom. The summed E-state index contributed by atoms with van der Waals surface area (Å²) in [7, 11) is 0. The van der Waals surface area contributed by atoms with Crippen LogP contribution >= 0.6 is 22.7 Å². The number of aromatic nitrogens is 1. The fraction of sp³-hybridized carbons (Fsp3) is 0.476. The topological polar surface area (TPSA) is 68.2 Å². The fourth-order valence-electron chi connectivity index (χ4n) is 2.60. The van der Waals surface area contributed by atoms with Crippen molar-refractivity contribution in [2.75, 3.05) is 0 Å². The lowest BCUT2D eigenvalue weighted by molar-refractivity contribution is -0.122. The number of thiazole rings is 1. The van der Waals surface area contributed by atoms with E-state index in [9.17, 15) is 14.4 Å². The zero-order valence-corrected chi connectivity index (χ0v) is 18.7. The van der Waals surface area contributed by atoms with Gasteiger partial charge in [0.1, 0.15) is 11.2 Å².